The Morgan fingerprint density at radius 3 is 2.91 bits per heavy atom. The average molecular weight is 441 g/mol. The minimum absolute atomic E-state index is 0.503. The highest BCUT2D eigenvalue weighted by Crippen LogP contribution is 2.30. The highest BCUT2D eigenvalue weighted by molar-refractivity contribution is 5.70. The van der Waals surface area contributed by atoms with Crippen LogP contribution in [-0.2, 0) is 15.9 Å². The second kappa shape index (κ2) is 9.82. The molecule has 0 aromatic carbocycles. The van der Waals surface area contributed by atoms with Gasteiger partial charge in [0, 0.05) is 30.8 Å². The van der Waals surface area contributed by atoms with Gasteiger partial charge in [-0.25, -0.2) is 4.98 Å². The molecule has 0 saturated carbocycles. The molecule has 0 unspecified atom stereocenters. The summed E-state index contributed by atoms with van der Waals surface area (Å²) in [6.07, 6.45) is 18.7. The van der Waals surface area contributed by atoms with E-state index in [0.717, 1.165) is 41.9 Å². The van der Waals surface area contributed by atoms with Crippen LogP contribution < -0.4 is 10.2 Å². The summed E-state index contributed by atoms with van der Waals surface area (Å²) >= 11 is 0. The first-order valence-corrected chi connectivity index (χ1v) is 10.7. The van der Waals surface area contributed by atoms with Gasteiger partial charge in [0.15, 0.2) is 12.1 Å². The zero-order valence-electron chi connectivity index (χ0n) is 17.9. The molecule has 9 heteroatoms. The number of aromatic nitrogens is 5. The molecule has 4 heterocycles. The molecule has 0 saturated heterocycles. The van der Waals surface area contributed by atoms with E-state index >= 15 is 0 Å². The smallest absolute Gasteiger partial charge is 0.242 e. The van der Waals surface area contributed by atoms with Crippen LogP contribution in [0, 0.1) is 0 Å². The third-order valence-electron chi connectivity index (χ3n) is 5.17. The summed E-state index contributed by atoms with van der Waals surface area (Å²) in [5.74, 6) is 2.37. The molecule has 9 nitrogen and oxygen atoms in total. The molecule has 0 atom stereocenters. The van der Waals surface area contributed by atoms with Crippen LogP contribution in [0.15, 0.2) is 91.5 Å². The van der Waals surface area contributed by atoms with Crippen molar-refractivity contribution >= 4 is 11.8 Å². The molecule has 3 aromatic heterocycles. The number of ether oxygens (including phenoxy) is 2. The third-order valence-corrected chi connectivity index (χ3v) is 5.17. The number of H-pyrrole nitrogens is 1. The van der Waals surface area contributed by atoms with E-state index in [2.05, 4.69) is 42.6 Å². The lowest BCUT2D eigenvalue weighted by atomic mass is 10.1. The minimum atomic E-state index is 0.503. The Balaban J connectivity index is 1.39. The molecule has 166 valence electrons. The van der Waals surface area contributed by atoms with Gasteiger partial charge < -0.3 is 19.8 Å². The Bertz CT molecular complexity index is 1210. The fourth-order valence-electron chi connectivity index (χ4n) is 3.60. The Kier molecular flexibility index (Phi) is 6.10. The van der Waals surface area contributed by atoms with Gasteiger partial charge in [0.2, 0.25) is 11.8 Å². The van der Waals surface area contributed by atoms with E-state index in [0.29, 0.717) is 24.2 Å². The molecular formula is C24H23N7O2. The van der Waals surface area contributed by atoms with Crippen LogP contribution in [0.3, 0.4) is 0 Å². The molecule has 0 radical (unpaired) electrons. The lowest BCUT2D eigenvalue weighted by Crippen LogP contribution is -2.25. The first kappa shape index (κ1) is 20.5. The number of aromatic amines is 1. The summed E-state index contributed by atoms with van der Waals surface area (Å²) in [6, 6.07) is 7.83. The van der Waals surface area contributed by atoms with Crippen LogP contribution in [0.2, 0.25) is 0 Å². The fraction of sp³-hybridized carbons (Fsp3) is 0.167. The maximum absolute atomic E-state index is 5.68. The van der Waals surface area contributed by atoms with E-state index < -0.39 is 0 Å². The zero-order valence-corrected chi connectivity index (χ0v) is 17.9. The first-order valence-electron chi connectivity index (χ1n) is 10.7. The Morgan fingerprint density at radius 2 is 2.09 bits per heavy atom. The molecule has 2 aliphatic rings. The topological polar surface area (TPSA) is 101 Å². The zero-order chi connectivity index (χ0) is 22.3. The van der Waals surface area contributed by atoms with Crippen LogP contribution in [0.5, 0.6) is 0 Å². The molecule has 0 bridgehead atoms. The number of nitrogens with one attached hydrogen (secondary N) is 2. The van der Waals surface area contributed by atoms with Crippen molar-refractivity contribution in [3.05, 3.63) is 97.0 Å². The van der Waals surface area contributed by atoms with Crippen molar-refractivity contribution in [2.75, 3.05) is 16.8 Å². The fourth-order valence-corrected chi connectivity index (χ4v) is 3.60. The Morgan fingerprint density at radius 1 is 1.12 bits per heavy atom. The molecule has 0 spiro atoms. The summed E-state index contributed by atoms with van der Waals surface area (Å²) in [4.78, 5) is 13.9. The van der Waals surface area contributed by atoms with Gasteiger partial charge in [-0.2, -0.15) is 0 Å². The molecule has 0 fully saturated rings. The van der Waals surface area contributed by atoms with E-state index in [1.54, 1.807) is 12.4 Å². The molecular weight excluding hydrogens is 418 g/mol. The van der Waals surface area contributed by atoms with Gasteiger partial charge >= 0.3 is 0 Å². The number of hydrogen-bond donors (Lipinski definition) is 2. The SMILES string of the molecule is C1=CCCC(N(C2=COC=CO2)c2nnc(-c3cccnc3NCCc3cccnc3)[nH]2)=C1. The second-order valence-corrected chi connectivity index (χ2v) is 7.38. The number of pyridine rings is 2. The second-order valence-electron chi connectivity index (χ2n) is 7.38. The van der Waals surface area contributed by atoms with Crippen molar-refractivity contribution in [1.82, 2.24) is 25.1 Å². The number of hydrogen-bond acceptors (Lipinski definition) is 8. The maximum atomic E-state index is 5.68. The summed E-state index contributed by atoms with van der Waals surface area (Å²) in [6.45, 7) is 0.715. The Hall–Kier alpha value is -4.40. The molecule has 33 heavy (non-hydrogen) atoms. The van der Waals surface area contributed by atoms with Crippen molar-refractivity contribution in [1.29, 1.82) is 0 Å². The van der Waals surface area contributed by atoms with Crippen molar-refractivity contribution in [3.8, 4) is 11.4 Å². The predicted octanol–water partition coefficient (Wildman–Crippen LogP) is 4.27. The maximum Gasteiger partial charge on any atom is 0.242 e. The van der Waals surface area contributed by atoms with Gasteiger partial charge in [0.25, 0.3) is 0 Å². The Labute approximate surface area is 191 Å². The van der Waals surface area contributed by atoms with E-state index in [1.807, 2.05) is 41.4 Å². The number of anilines is 2. The number of allylic oxidation sites excluding steroid dienone is 4. The van der Waals surface area contributed by atoms with Crippen LogP contribution >= 0.6 is 0 Å². The highest BCUT2D eigenvalue weighted by Gasteiger charge is 2.24. The molecule has 1 aliphatic heterocycles. The minimum Gasteiger partial charge on any atom is -0.464 e. The van der Waals surface area contributed by atoms with Crippen LogP contribution in [0.4, 0.5) is 11.8 Å². The van der Waals surface area contributed by atoms with Gasteiger partial charge in [0.1, 0.15) is 18.3 Å². The molecule has 3 aromatic rings. The molecule has 5 rings (SSSR count). The van der Waals surface area contributed by atoms with Crippen molar-refractivity contribution in [2.24, 2.45) is 0 Å². The monoisotopic (exact) mass is 441 g/mol. The van der Waals surface area contributed by atoms with Gasteiger partial charge in [-0.3, -0.25) is 9.88 Å². The van der Waals surface area contributed by atoms with Gasteiger partial charge in [-0.05, 0) is 49.1 Å². The summed E-state index contributed by atoms with van der Waals surface area (Å²) in [7, 11) is 0. The van der Waals surface area contributed by atoms with E-state index in [9.17, 15) is 0 Å². The van der Waals surface area contributed by atoms with Gasteiger partial charge in [0.05, 0.1) is 5.56 Å². The molecule has 1 aliphatic carbocycles. The normalized spacial score (nSPS) is 14.7. The molecule has 0 amide bonds. The van der Waals surface area contributed by atoms with Crippen LogP contribution in [0.1, 0.15) is 18.4 Å². The summed E-state index contributed by atoms with van der Waals surface area (Å²) < 4.78 is 11.0. The third kappa shape index (κ3) is 4.77. The molecule has 2 N–H and O–H groups in total. The standard InChI is InChI=1S/C24H23N7O2/c1-2-7-19(8-3-1)31(21-17-32-14-15-33-21)24-28-23(29-30-24)20-9-5-12-26-22(20)27-13-10-18-6-4-11-25-16-18/h1-2,4-7,9,11-12,14-17H,3,8,10,13H2,(H,26,27)(H,28,29,30). The number of rotatable bonds is 8. The quantitative estimate of drug-likeness (QED) is 0.534. The average Bonchev–Trinajstić information content (AvgIpc) is 3.36. The highest BCUT2D eigenvalue weighted by atomic mass is 16.5. The van der Waals surface area contributed by atoms with Crippen LogP contribution in [0.25, 0.3) is 11.4 Å². The van der Waals surface area contributed by atoms with E-state index in [-0.39, 0.29) is 0 Å². The lowest BCUT2D eigenvalue weighted by Gasteiger charge is -2.27. The van der Waals surface area contributed by atoms with Gasteiger partial charge in [-0.1, -0.05) is 18.2 Å². The van der Waals surface area contributed by atoms with Crippen molar-refractivity contribution < 1.29 is 9.47 Å². The van der Waals surface area contributed by atoms with Crippen molar-refractivity contribution in [2.45, 2.75) is 19.3 Å². The van der Waals surface area contributed by atoms with E-state index in [1.165, 1.54) is 18.8 Å². The summed E-state index contributed by atoms with van der Waals surface area (Å²) in [5.41, 5.74) is 3.01. The largest absolute Gasteiger partial charge is 0.464 e. The summed E-state index contributed by atoms with van der Waals surface area (Å²) in [5, 5.41) is 12.2. The first-order chi connectivity index (χ1) is 16.4. The van der Waals surface area contributed by atoms with E-state index in [4.69, 9.17) is 9.47 Å². The predicted molar refractivity (Wildman–Crippen MR) is 124 cm³/mol. The van der Waals surface area contributed by atoms with Crippen LogP contribution in [-0.4, -0.2) is 31.7 Å². The lowest BCUT2D eigenvalue weighted by molar-refractivity contribution is 0.250. The number of nitrogens with zero attached hydrogens (tertiary/aromatic N) is 5. The van der Waals surface area contributed by atoms with Crippen molar-refractivity contribution in [3.63, 3.8) is 0 Å². The van der Waals surface area contributed by atoms with Gasteiger partial charge in [-0.15, -0.1) is 10.2 Å².